The molecular weight excluding hydrogens is 759 g/mol. The standard InChI is InChI=1S/C57H37N3O2/c1-3-15-36(16-4-1)38-19-11-21-41(33-38)56-58-55(37-17-5-2-6-18-37)59-57(60-56)42-22-12-20-39(34-42)40-31-32-48-52(35-40)62-51-30-14-27-46(54(48)51)44-24-8-7-23-43(44)45-26-13-29-50-53(45)47-25-9-10-28-49(47)61-50/h1-35,55H,(H,58,59,60). The van der Waals surface area contributed by atoms with Gasteiger partial charge >= 0.3 is 0 Å². The SMILES string of the molecule is c1ccc(-c2cccc(C3=NC(c4ccccc4)NC(c4cccc(-c5ccc6c(c5)oc5cccc(-c7ccccc7-c7cccc8oc9ccccc9c78)c56)c4)=N3)c2)cc1. The molecule has 1 aliphatic heterocycles. The Morgan fingerprint density at radius 2 is 0.855 bits per heavy atom. The van der Waals surface area contributed by atoms with Crippen molar-refractivity contribution in [1.82, 2.24) is 5.32 Å². The number of hydrogen-bond acceptors (Lipinski definition) is 5. The summed E-state index contributed by atoms with van der Waals surface area (Å²) in [6, 6.07) is 73.9. The molecule has 0 saturated carbocycles. The molecule has 0 amide bonds. The number of nitrogens with zero attached hydrogens (tertiary/aromatic N) is 2. The first-order chi connectivity index (χ1) is 30.7. The van der Waals surface area contributed by atoms with E-state index in [1.54, 1.807) is 0 Å². The molecule has 12 rings (SSSR count). The van der Waals surface area contributed by atoms with Crippen LogP contribution in [-0.2, 0) is 0 Å². The number of benzene rings is 9. The van der Waals surface area contributed by atoms with Crippen molar-refractivity contribution in [2.24, 2.45) is 9.98 Å². The number of fused-ring (bicyclic) bond motifs is 6. The third-order valence-electron chi connectivity index (χ3n) is 12.0. The minimum absolute atomic E-state index is 0.305. The van der Waals surface area contributed by atoms with Crippen LogP contribution in [0.2, 0.25) is 0 Å². The fourth-order valence-electron chi connectivity index (χ4n) is 9.03. The van der Waals surface area contributed by atoms with E-state index < -0.39 is 0 Å². The molecular formula is C57H37N3O2. The van der Waals surface area contributed by atoms with Crippen molar-refractivity contribution in [2.45, 2.75) is 6.17 Å². The first-order valence-corrected chi connectivity index (χ1v) is 20.9. The molecule has 0 radical (unpaired) electrons. The predicted molar refractivity (Wildman–Crippen MR) is 255 cm³/mol. The maximum absolute atomic E-state index is 6.69. The highest BCUT2D eigenvalue weighted by Crippen LogP contribution is 2.44. The lowest BCUT2D eigenvalue weighted by molar-refractivity contribution is 0.668. The van der Waals surface area contributed by atoms with Crippen LogP contribution in [0.3, 0.4) is 0 Å². The second-order valence-electron chi connectivity index (χ2n) is 15.7. The summed E-state index contributed by atoms with van der Waals surface area (Å²) in [7, 11) is 0. The van der Waals surface area contributed by atoms with Gasteiger partial charge in [-0.15, -0.1) is 0 Å². The molecule has 1 N–H and O–H groups in total. The molecule has 2 aromatic heterocycles. The second kappa shape index (κ2) is 14.8. The Labute approximate surface area is 358 Å². The average Bonchev–Trinajstić information content (AvgIpc) is 3.93. The number of para-hydroxylation sites is 1. The number of nitrogens with one attached hydrogen (secondary N) is 1. The topological polar surface area (TPSA) is 63.0 Å². The highest BCUT2D eigenvalue weighted by molar-refractivity contribution is 6.18. The number of hydrogen-bond donors (Lipinski definition) is 1. The van der Waals surface area contributed by atoms with Crippen molar-refractivity contribution in [3.8, 4) is 44.5 Å². The number of furan rings is 2. The van der Waals surface area contributed by atoms with Crippen LogP contribution in [0.4, 0.5) is 0 Å². The fourth-order valence-corrected chi connectivity index (χ4v) is 9.03. The van der Waals surface area contributed by atoms with E-state index in [0.29, 0.717) is 5.84 Å². The van der Waals surface area contributed by atoms with Gasteiger partial charge in [-0.05, 0) is 92.5 Å². The van der Waals surface area contributed by atoms with E-state index in [1.807, 2.05) is 36.4 Å². The van der Waals surface area contributed by atoms with Crippen LogP contribution < -0.4 is 5.32 Å². The summed E-state index contributed by atoms with van der Waals surface area (Å²) in [5, 5.41) is 8.05. The zero-order chi connectivity index (χ0) is 41.0. The molecule has 1 atom stereocenters. The molecule has 11 aromatic rings. The predicted octanol–water partition coefficient (Wildman–Crippen LogP) is 14.6. The summed E-state index contributed by atoms with van der Waals surface area (Å²) in [6.45, 7) is 0. The summed E-state index contributed by atoms with van der Waals surface area (Å²) >= 11 is 0. The van der Waals surface area contributed by atoms with Crippen LogP contribution in [-0.4, -0.2) is 11.7 Å². The van der Waals surface area contributed by atoms with Gasteiger partial charge in [-0.25, -0.2) is 9.98 Å². The summed E-state index contributed by atoms with van der Waals surface area (Å²) in [6.07, 6.45) is -0.305. The lowest BCUT2D eigenvalue weighted by atomic mass is 9.90. The lowest BCUT2D eigenvalue weighted by Gasteiger charge is -2.24. The third kappa shape index (κ3) is 6.18. The quantitative estimate of drug-likeness (QED) is 0.175. The zero-order valence-electron chi connectivity index (χ0n) is 33.5. The molecule has 0 bridgehead atoms. The molecule has 9 aromatic carbocycles. The maximum Gasteiger partial charge on any atom is 0.159 e. The van der Waals surface area contributed by atoms with Gasteiger partial charge in [-0.3, -0.25) is 0 Å². The van der Waals surface area contributed by atoms with Crippen LogP contribution in [0.1, 0.15) is 22.9 Å². The van der Waals surface area contributed by atoms with Crippen molar-refractivity contribution >= 4 is 55.5 Å². The Morgan fingerprint density at radius 1 is 0.355 bits per heavy atom. The molecule has 1 unspecified atom stereocenters. The molecule has 3 heterocycles. The molecule has 0 aliphatic carbocycles. The van der Waals surface area contributed by atoms with Gasteiger partial charge in [0, 0.05) is 32.7 Å². The summed E-state index contributed by atoms with van der Waals surface area (Å²) in [5.41, 5.74) is 15.4. The number of rotatable bonds is 7. The van der Waals surface area contributed by atoms with Crippen LogP contribution in [0.25, 0.3) is 88.4 Å². The lowest BCUT2D eigenvalue weighted by Crippen LogP contribution is -2.33. The van der Waals surface area contributed by atoms with Crippen LogP contribution in [0.5, 0.6) is 0 Å². The van der Waals surface area contributed by atoms with Gasteiger partial charge in [-0.2, -0.15) is 0 Å². The maximum atomic E-state index is 6.69. The molecule has 0 spiro atoms. The highest BCUT2D eigenvalue weighted by atomic mass is 16.3. The van der Waals surface area contributed by atoms with Crippen molar-refractivity contribution in [2.75, 3.05) is 0 Å². The Morgan fingerprint density at radius 3 is 1.60 bits per heavy atom. The van der Waals surface area contributed by atoms with E-state index in [1.165, 1.54) is 0 Å². The van der Waals surface area contributed by atoms with E-state index in [9.17, 15) is 0 Å². The zero-order valence-corrected chi connectivity index (χ0v) is 33.5. The minimum Gasteiger partial charge on any atom is -0.456 e. The second-order valence-corrected chi connectivity index (χ2v) is 15.7. The van der Waals surface area contributed by atoms with Crippen molar-refractivity contribution in [3.05, 3.63) is 229 Å². The Balaban J connectivity index is 0.929. The largest absolute Gasteiger partial charge is 0.456 e. The molecule has 5 nitrogen and oxygen atoms in total. The summed E-state index contributed by atoms with van der Waals surface area (Å²) in [5.74, 6) is 1.45. The molecule has 0 saturated heterocycles. The van der Waals surface area contributed by atoms with Gasteiger partial charge in [0.25, 0.3) is 0 Å². The molecule has 292 valence electrons. The number of aliphatic imine (C=N–C) groups is 2. The normalized spacial score (nSPS) is 14.0. The van der Waals surface area contributed by atoms with Crippen LogP contribution in [0.15, 0.2) is 231 Å². The van der Waals surface area contributed by atoms with E-state index in [2.05, 4.69) is 181 Å². The fraction of sp³-hybridized carbons (Fsp3) is 0.0175. The Kier molecular flexibility index (Phi) is 8.49. The van der Waals surface area contributed by atoms with Crippen LogP contribution >= 0.6 is 0 Å². The van der Waals surface area contributed by atoms with E-state index in [-0.39, 0.29) is 6.17 Å². The van der Waals surface area contributed by atoms with Crippen LogP contribution in [0, 0.1) is 0 Å². The smallest absolute Gasteiger partial charge is 0.159 e. The van der Waals surface area contributed by atoms with E-state index in [4.69, 9.17) is 18.8 Å². The third-order valence-corrected chi connectivity index (χ3v) is 12.0. The van der Waals surface area contributed by atoms with Crippen molar-refractivity contribution in [1.29, 1.82) is 0 Å². The van der Waals surface area contributed by atoms with Gasteiger partial charge in [0.1, 0.15) is 34.3 Å². The molecule has 5 heteroatoms. The van der Waals surface area contributed by atoms with Gasteiger partial charge in [0.15, 0.2) is 5.84 Å². The monoisotopic (exact) mass is 795 g/mol. The van der Waals surface area contributed by atoms with Crippen molar-refractivity contribution in [3.63, 3.8) is 0 Å². The first-order valence-electron chi connectivity index (χ1n) is 20.9. The molecule has 62 heavy (non-hydrogen) atoms. The van der Waals surface area contributed by atoms with Crippen molar-refractivity contribution < 1.29 is 8.83 Å². The van der Waals surface area contributed by atoms with Gasteiger partial charge < -0.3 is 14.2 Å². The van der Waals surface area contributed by atoms with Gasteiger partial charge in [0.2, 0.25) is 0 Å². The Bertz CT molecular complexity index is 3560. The van der Waals surface area contributed by atoms with E-state index in [0.717, 1.165) is 111 Å². The summed E-state index contributed by atoms with van der Waals surface area (Å²) < 4.78 is 13.0. The minimum atomic E-state index is -0.305. The summed E-state index contributed by atoms with van der Waals surface area (Å²) in [4.78, 5) is 10.3. The van der Waals surface area contributed by atoms with E-state index >= 15 is 0 Å². The molecule has 1 aliphatic rings. The highest BCUT2D eigenvalue weighted by Gasteiger charge is 2.23. The molecule has 0 fully saturated rings. The van der Waals surface area contributed by atoms with Gasteiger partial charge in [0.05, 0.1) is 0 Å². The number of amidine groups is 2. The Hall–Kier alpha value is -8.28. The average molecular weight is 796 g/mol. The van der Waals surface area contributed by atoms with Gasteiger partial charge in [-0.1, -0.05) is 170 Å². The first kappa shape index (κ1) is 35.6.